The second-order valence-electron chi connectivity index (χ2n) is 5.89. The van der Waals surface area contributed by atoms with E-state index in [9.17, 15) is 9.59 Å². The normalized spacial score (nSPS) is 15.9. The Labute approximate surface area is 147 Å². The summed E-state index contributed by atoms with van der Waals surface area (Å²) in [5.74, 6) is -0.940. The summed E-state index contributed by atoms with van der Waals surface area (Å²) in [6, 6.07) is 17.4. The van der Waals surface area contributed by atoms with Crippen LogP contribution in [0.2, 0.25) is 0 Å². The Balaban J connectivity index is 2.14. The lowest BCUT2D eigenvalue weighted by molar-refractivity contribution is -0.137. The van der Waals surface area contributed by atoms with E-state index in [2.05, 4.69) is 0 Å². The summed E-state index contributed by atoms with van der Waals surface area (Å²) < 4.78 is 4.80. The van der Waals surface area contributed by atoms with Crippen LogP contribution in [0.5, 0.6) is 0 Å². The van der Waals surface area contributed by atoms with Gasteiger partial charge in [-0.3, -0.25) is 4.79 Å². The van der Waals surface area contributed by atoms with Crippen molar-refractivity contribution in [3.63, 3.8) is 0 Å². The van der Waals surface area contributed by atoms with Gasteiger partial charge >= 0.3 is 5.97 Å². The number of anilines is 1. The molecule has 25 heavy (non-hydrogen) atoms. The Hall–Kier alpha value is -3.14. The van der Waals surface area contributed by atoms with Crippen LogP contribution in [0.15, 0.2) is 71.6 Å². The van der Waals surface area contributed by atoms with E-state index >= 15 is 0 Å². The van der Waals surface area contributed by atoms with Gasteiger partial charge < -0.3 is 9.64 Å². The molecule has 0 N–H and O–H groups in total. The first-order valence-corrected chi connectivity index (χ1v) is 8.00. The number of esters is 1. The van der Waals surface area contributed by atoms with Crippen molar-refractivity contribution in [2.24, 2.45) is 0 Å². The maximum atomic E-state index is 12.9. The lowest BCUT2D eigenvalue weighted by atomic mass is 10.1. The first-order valence-electron chi connectivity index (χ1n) is 8.00. The number of hydrogen-bond donors (Lipinski definition) is 0. The van der Waals surface area contributed by atoms with Crippen molar-refractivity contribution in [1.82, 2.24) is 0 Å². The Morgan fingerprint density at radius 1 is 1.00 bits per heavy atom. The van der Waals surface area contributed by atoms with Crippen molar-refractivity contribution in [2.75, 3.05) is 12.0 Å². The highest BCUT2D eigenvalue weighted by Gasteiger charge is 2.38. The molecule has 0 bridgehead atoms. The lowest BCUT2D eigenvalue weighted by Gasteiger charge is -2.21. The van der Waals surface area contributed by atoms with E-state index in [-0.39, 0.29) is 11.4 Å². The molecule has 2 aromatic rings. The zero-order valence-corrected chi connectivity index (χ0v) is 14.4. The van der Waals surface area contributed by atoms with Crippen LogP contribution >= 0.6 is 0 Å². The average Bonchev–Trinajstić information content (AvgIpc) is 2.87. The van der Waals surface area contributed by atoms with Crippen molar-refractivity contribution in [3.05, 3.63) is 82.7 Å². The Bertz CT molecular complexity index is 877. The molecule has 4 heteroatoms. The smallest absolute Gasteiger partial charge is 0.343 e. The number of aryl methyl sites for hydroxylation is 1. The molecule has 0 aliphatic carbocycles. The van der Waals surface area contributed by atoms with Gasteiger partial charge in [0.05, 0.1) is 12.8 Å². The fourth-order valence-corrected chi connectivity index (χ4v) is 2.89. The van der Waals surface area contributed by atoms with E-state index in [4.69, 9.17) is 4.74 Å². The maximum absolute atomic E-state index is 12.9. The molecule has 0 saturated heterocycles. The zero-order valence-electron chi connectivity index (χ0n) is 14.4. The number of benzene rings is 2. The summed E-state index contributed by atoms with van der Waals surface area (Å²) >= 11 is 0. The number of Topliss-reactive ketones (excluding diaryl/α,β-unsaturated/α-hetero) is 1. The standard InChI is InChI=1S/C21H19NO3/c1-14-9-11-16(12-10-14)13-18-20(23)19(21(24)25-3)15(2)22(18)17-7-5-4-6-8-17/h4-13H,1-3H3/b18-13+. The summed E-state index contributed by atoms with van der Waals surface area (Å²) in [5, 5.41) is 0. The molecule has 4 nitrogen and oxygen atoms in total. The third kappa shape index (κ3) is 3.11. The quantitative estimate of drug-likeness (QED) is 0.486. The number of methoxy groups -OCH3 is 1. The molecule has 0 saturated carbocycles. The molecular weight excluding hydrogens is 314 g/mol. The third-order valence-electron chi connectivity index (χ3n) is 4.18. The number of para-hydroxylation sites is 1. The average molecular weight is 333 g/mol. The summed E-state index contributed by atoms with van der Waals surface area (Å²) in [4.78, 5) is 26.8. The molecule has 0 atom stereocenters. The molecule has 0 amide bonds. The van der Waals surface area contributed by atoms with Gasteiger partial charge in [-0.15, -0.1) is 0 Å². The van der Waals surface area contributed by atoms with E-state index in [1.54, 1.807) is 17.9 Å². The molecule has 3 rings (SSSR count). The number of rotatable bonds is 3. The maximum Gasteiger partial charge on any atom is 0.343 e. The van der Waals surface area contributed by atoms with Crippen molar-refractivity contribution < 1.29 is 14.3 Å². The van der Waals surface area contributed by atoms with Gasteiger partial charge in [0, 0.05) is 11.4 Å². The molecule has 0 unspecified atom stereocenters. The fourth-order valence-electron chi connectivity index (χ4n) is 2.89. The monoisotopic (exact) mass is 333 g/mol. The summed E-state index contributed by atoms with van der Waals surface area (Å²) in [6.45, 7) is 3.77. The van der Waals surface area contributed by atoms with Gasteiger partial charge in [0.2, 0.25) is 5.78 Å². The van der Waals surface area contributed by atoms with Gasteiger partial charge in [0.25, 0.3) is 0 Å². The number of allylic oxidation sites excluding steroid dienone is 2. The molecule has 0 fully saturated rings. The highest BCUT2D eigenvalue weighted by molar-refractivity contribution is 6.30. The van der Waals surface area contributed by atoms with Crippen LogP contribution < -0.4 is 4.90 Å². The largest absolute Gasteiger partial charge is 0.465 e. The van der Waals surface area contributed by atoms with Gasteiger partial charge in [0.1, 0.15) is 5.57 Å². The van der Waals surface area contributed by atoms with Crippen LogP contribution in [0.1, 0.15) is 18.1 Å². The zero-order chi connectivity index (χ0) is 18.0. The van der Waals surface area contributed by atoms with Crippen LogP contribution in [0, 0.1) is 6.92 Å². The molecule has 0 spiro atoms. The molecule has 0 radical (unpaired) electrons. The predicted octanol–water partition coefficient (Wildman–Crippen LogP) is 3.87. The Morgan fingerprint density at radius 3 is 2.24 bits per heavy atom. The van der Waals surface area contributed by atoms with Crippen LogP contribution in [0.25, 0.3) is 6.08 Å². The highest BCUT2D eigenvalue weighted by Crippen LogP contribution is 2.35. The predicted molar refractivity (Wildman–Crippen MR) is 97.8 cm³/mol. The number of carbonyl (C=O) groups is 2. The summed E-state index contributed by atoms with van der Waals surface area (Å²) in [6.07, 6.45) is 1.80. The van der Waals surface area contributed by atoms with Crippen molar-refractivity contribution in [1.29, 1.82) is 0 Å². The third-order valence-corrected chi connectivity index (χ3v) is 4.18. The van der Waals surface area contributed by atoms with Gasteiger partial charge in [-0.05, 0) is 37.6 Å². The van der Waals surface area contributed by atoms with Crippen LogP contribution in [0.3, 0.4) is 0 Å². The van der Waals surface area contributed by atoms with E-state index < -0.39 is 5.97 Å². The molecule has 0 aromatic heterocycles. The number of nitrogens with zero attached hydrogens (tertiary/aromatic N) is 1. The van der Waals surface area contributed by atoms with E-state index in [0.717, 1.165) is 16.8 Å². The van der Waals surface area contributed by atoms with Crippen molar-refractivity contribution in [2.45, 2.75) is 13.8 Å². The fraction of sp³-hybridized carbons (Fsp3) is 0.143. The van der Waals surface area contributed by atoms with Crippen molar-refractivity contribution in [3.8, 4) is 0 Å². The van der Waals surface area contributed by atoms with E-state index in [0.29, 0.717) is 11.4 Å². The SMILES string of the molecule is COC(=O)C1=C(C)N(c2ccccc2)/C(=C/c2ccc(C)cc2)C1=O. The van der Waals surface area contributed by atoms with Crippen LogP contribution in [-0.2, 0) is 14.3 Å². The Kier molecular flexibility index (Phi) is 4.52. The minimum Gasteiger partial charge on any atom is -0.465 e. The van der Waals surface area contributed by atoms with Gasteiger partial charge in [-0.2, -0.15) is 0 Å². The van der Waals surface area contributed by atoms with Crippen LogP contribution in [-0.4, -0.2) is 18.9 Å². The number of ether oxygens (including phenoxy) is 1. The van der Waals surface area contributed by atoms with Gasteiger partial charge in [0.15, 0.2) is 0 Å². The minimum absolute atomic E-state index is 0.0738. The molecule has 126 valence electrons. The molecule has 1 heterocycles. The first-order chi connectivity index (χ1) is 12.0. The minimum atomic E-state index is -0.615. The second-order valence-corrected chi connectivity index (χ2v) is 5.89. The molecule has 2 aromatic carbocycles. The lowest BCUT2D eigenvalue weighted by Crippen LogP contribution is -2.18. The van der Waals surface area contributed by atoms with E-state index in [1.165, 1.54) is 7.11 Å². The highest BCUT2D eigenvalue weighted by atomic mass is 16.5. The number of carbonyl (C=O) groups excluding carboxylic acids is 2. The van der Waals surface area contributed by atoms with Gasteiger partial charge in [-0.25, -0.2) is 4.79 Å². The van der Waals surface area contributed by atoms with Crippen molar-refractivity contribution >= 4 is 23.5 Å². The number of ketones is 1. The topological polar surface area (TPSA) is 46.6 Å². The summed E-state index contributed by atoms with van der Waals surface area (Å²) in [5.41, 5.74) is 3.95. The summed E-state index contributed by atoms with van der Waals surface area (Å²) in [7, 11) is 1.28. The second kappa shape index (κ2) is 6.77. The first kappa shape index (κ1) is 16.7. The Morgan fingerprint density at radius 2 is 1.64 bits per heavy atom. The van der Waals surface area contributed by atoms with E-state index in [1.807, 2.05) is 61.5 Å². The molecule has 1 aliphatic heterocycles. The molecule has 1 aliphatic rings. The van der Waals surface area contributed by atoms with Gasteiger partial charge in [-0.1, -0.05) is 48.0 Å². The van der Waals surface area contributed by atoms with Crippen LogP contribution in [0.4, 0.5) is 5.69 Å². The number of hydrogen-bond acceptors (Lipinski definition) is 4. The molecular formula is C21H19NO3.